The molecule has 1 atom stereocenters. The van der Waals surface area contributed by atoms with Crippen LogP contribution in [-0.2, 0) is 4.79 Å². The molecule has 0 bridgehead atoms. The molecule has 0 saturated carbocycles. The topological polar surface area (TPSA) is 41.1 Å². The molecule has 1 aliphatic heterocycles. The summed E-state index contributed by atoms with van der Waals surface area (Å²) in [6, 6.07) is 3.74. The molecule has 0 saturated heterocycles. The molecule has 1 unspecified atom stereocenters. The Morgan fingerprint density at radius 1 is 1.50 bits per heavy atom. The highest BCUT2D eigenvalue weighted by Gasteiger charge is 2.31. The Bertz CT molecular complexity index is 485. The summed E-state index contributed by atoms with van der Waals surface area (Å²) in [6.45, 7) is 4.42. The highest BCUT2D eigenvalue weighted by Crippen LogP contribution is 2.34. The van der Waals surface area contributed by atoms with Crippen molar-refractivity contribution in [2.24, 2.45) is 0 Å². The van der Waals surface area contributed by atoms with Gasteiger partial charge in [-0.15, -0.1) is 6.42 Å². The summed E-state index contributed by atoms with van der Waals surface area (Å²) in [7, 11) is 0. The van der Waals surface area contributed by atoms with Crippen LogP contribution in [0.4, 0.5) is 5.69 Å². The molecule has 1 aromatic rings. The summed E-state index contributed by atoms with van der Waals surface area (Å²) in [6.07, 6.45) is 5.19. The van der Waals surface area contributed by atoms with Crippen LogP contribution in [0.3, 0.4) is 0 Å². The van der Waals surface area contributed by atoms with Crippen molar-refractivity contribution in [3.63, 3.8) is 0 Å². The maximum absolute atomic E-state index is 11.8. The number of aryl methyl sites for hydroxylation is 2. The summed E-state index contributed by atoms with van der Waals surface area (Å²) in [5.74, 6) is 2.46. The second kappa shape index (κ2) is 3.99. The van der Waals surface area contributed by atoms with E-state index in [4.69, 9.17) is 6.42 Å². The van der Waals surface area contributed by atoms with Gasteiger partial charge in [0.05, 0.1) is 6.54 Å². The number of benzene rings is 1. The number of rotatable bonds is 2. The molecule has 3 nitrogen and oxygen atoms in total. The third-order valence-corrected chi connectivity index (χ3v) is 2.75. The zero-order chi connectivity index (χ0) is 11.7. The second-order valence-corrected chi connectivity index (χ2v) is 4.05. The van der Waals surface area contributed by atoms with E-state index >= 15 is 0 Å². The van der Waals surface area contributed by atoms with Crippen LogP contribution in [-0.4, -0.2) is 12.5 Å². The predicted molar refractivity (Wildman–Crippen MR) is 64.1 cm³/mol. The number of carbonyl (C=O) groups is 1. The van der Waals surface area contributed by atoms with Crippen molar-refractivity contribution in [1.82, 2.24) is 5.32 Å². The third-order valence-electron chi connectivity index (χ3n) is 2.75. The Hall–Kier alpha value is -1.79. The van der Waals surface area contributed by atoms with Crippen molar-refractivity contribution in [3.05, 3.63) is 28.8 Å². The molecule has 82 valence electrons. The number of carbonyl (C=O) groups excluding carboxylic acids is 1. The molecule has 0 aromatic heterocycles. The van der Waals surface area contributed by atoms with Crippen LogP contribution in [0.25, 0.3) is 0 Å². The molecule has 16 heavy (non-hydrogen) atoms. The Morgan fingerprint density at radius 2 is 2.25 bits per heavy atom. The maximum atomic E-state index is 11.8. The maximum Gasteiger partial charge on any atom is 0.246 e. The number of amides is 1. The molecule has 1 aliphatic rings. The molecule has 2 rings (SSSR count). The summed E-state index contributed by atoms with van der Waals surface area (Å²) in [5.41, 5.74) is 4.18. The largest absolute Gasteiger partial charge is 0.324 e. The number of fused-ring (bicyclic) bond motifs is 1. The molecule has 3 heteroatoms. The summed E-state index contributed by atoms with van der Waals surface area (Å²) in [5, 5.41) is 5.92. The first-order chi connectivity index (χ1) is 7.63. The minimum Gasteiger partial charge on any atom is -0.324 e. The Labute approximate surface area is 95.2 Å². The predicted octanol–water partition coefficient (Wildman–Crippen LogP) is 1.52. The van der Waals surface area contributed by atoms with Gasteiger partial charge in [-0.3, -0.25) is 10.1 Å². The normalized spacial score (nSPS) is 17.8. The van der Waals surface area contributed by atoms with Gasteiger partial charge in [0.1, 0.15) is 6.04 Å². The highest BCUT2D eigenvalue weighted by atomic mass is 16.2. The molecule has 2 N–H and O–H groups in total. The molecular weight excluding hydrogens is 200 g/mol. The van der Waals surface area contributed by atoms with E-state index < -0.39 is 0 Å². The highest BCUT2D eigenvalue weighted by molar-refractivity contribution is 6.03. The van der Waals surface area contributed by atoms with Gasteiger partial charge in [-0.05, 0) is 31.0 Å². The fraction of sp³-hybridized carbons (Fsp3) is 0.308. The standard InChI is InChI=1S/C13H14N2O/c1-4-5-14-12-11-9(3)6-8(2)7-10(11)15-13(12)16/h1,6-7,12,14H,5H2,2-3H3,(H,15,16). The van der Waals surface area contributed by atoms with Crippen LogP contribution in [0.15, 0.2) is 12.1 Å². The second-order valence-electron chi connectivity index (χ2n) is 4.05. The minimum absolute atomic E-state index is 0.0287. The van der Waals surface area contributed by atoms with E-state index in [1.807, 2.05) is 19.9 Å². The molecule has 0 spiro atoms. The molecule has 1 heterocycles. The van der Waals surface area contributed by atoms with Gasteiger partial charge in [0.2, 0.25) is 5.91 Å². The van der Waals surface area contributed by atoms with Crippen LogP contribution in [0.2, 0.25) is 0 Å². The van der Waals surface area contributed by atoms with Crippen LogP contribution in [0.5, 0.6) is 0 Å². The number of hydrogen-bond donors (Lipinski definition) is 2. The zero-order valence-corrected chi connectivity index (χ0v) is 9.42. The Morgan fingerprint density at radius 3 is 2.94 bits per heavy atom. The van der Waals surface area contributed by atoms with Gasteiger partial charge < -0.3 is 5.32 Å². The first-order valence-electron chi connectivity index (χ1n) is 5.22. The molecule has 1 amide bonds. The number of hydrogen-bond acceptors (Lipinski definition) is 2. The lowest BCUT2D eigenvalue weighted by molar-refractivity contribution is -0.117. The quantitative estimate of drug-likeness (QED) is 0.733. The number of anilines is 1. The number of nitrogens with one attached hydrogen (secondary N) is 2. The van der Waals surface area contributed by atoms with E-state index in [0.717, 1.165) is 22.4 Å². The first kappa shape index (κ1) is 10.7. The molecule has 1 aromatic carbocycles. The van der Waals surface area contributed by atoms with Crippen molar-refractivity contribution in [2.75, 3.05) is 11.9 Å². The lowest BCUT2D eigenvalue weighted by Gasteiger charge is -2.11. The van der Waals surface area contributed by atoms with Gasteiger partial charge in [0, 0.05) is 11.3 Å². The molecule has 0 radical (unpaired) electrons. The SMILES string of the molecule is C#CCNC1C(=O)Nc2cc(C)cc(C)c21. The lowest BCUT2D eigenvalue weighted by atomic mass is 10.00. The van der Waals surface area contributed by atoms with E-state index in [1.54, 1.807) is 0 Å². The number of terminal acetylenes is 1. The molecule has 0 aliphatic carbocycles. The minimum atomic E-state index is -0.313. The average Bonchev–Trinajstić information content (AvgIpc) is 2.51. The summed E-state index contributed by atoms with van der Waals surface area (Å²) in [4.78, 5) is 11.8. The van der Waals surface area contributed by atoms with Crippen LogP contribution < -0.4 is 10.6 Å². The molecule has 0 fully saturated rings. The van der Waals surface area contributed by atoms with Gasteiger partial charge in [-0.2, -0.15) is 0 Å². The fourth-order valence-corrected chi connectivity index (χ4v) is 2.16. The van der Waals surface area contributed by atoms with Crippen molar-refractivity contribution < 1.29 is 4.79 Å². The van der Waals surface area contributed by atoms with Gasteiger partial charge in [0.15, 0.2) is 0 Å². The van der Waals surface area contributed by atoms with Crippen LogP contribution >= 0.6 is 0 Å². The third kappa shape index (κ3) is 1.68. The van der Waals surface area contributed by atoms with E-state index in [2.05, 4.69) is 22.6 Å². The summed E-state index contributed by atoms with van der Waals surface area (Å²) < 4.78 is 0. The van der Waals surface area contributed by atoms with Gasteiger partial charge in [-0.1, -0.05) is 12.0 Å². The zero-order valence-electron chi connectivity index (χ0n) is 9.42. The molecular formula is C13H14N2O. The van der Waals surface area contributed by atoms with Crippen LogP contribution in [0, 0.1) is 26.2 Å². The Balaban J connectivity index is 2.41. The van der Waals surface area contributed by atoms with E-state index in [0.29, 0.717) is 6.54 Å². The fourth-order valence-electron chi connectivity index (χ4n) is 2.16. The van der Waals surface area contributed by atoms with Crippen molar-refractivity contribution in [1.29, 1.82) is 0 Å². The summed E-state index contributed by atoms with van der Waals surface area (Å²) >= 11 is 0. The monoisotopic (exact) mass is 214 g/mol. The smallest absolute Gasteiger partial charge is 0.246 e. The van der Waals surface area contributed by atoms with Gasteiger partial charge in [-0.25, -0.2) is 0 Å². The lowest BCUT2D eigenvalue weighted by Crippen LogP contribution is -2.28. The van der Waals surface area contributed by atoms with E-state index in [-0.39, 0.29) is 11.9 Å². The van der Waals surface area contributed by atoms with Crippen LogP contribution in [0.1, 0.15) is 22.7 Å². The van der Waals surface area contributed by atoms with E-state index in [1.165, 1.54) is 0 Å². The van der Waals surface area contributed by atoms with Crippen molar-refractivity contribution in [2.45, 2.75) is 19.9 Å². The van der Waals surface area contributed by atoms with Crippen molar-refractivity contribution in [3.8, 4) is 12.3 Å². The van der Waals surface area contributed by atoms with E-state index in [9.17, 15) is 4.79 Å². The van der Waals surface area contributed by atoms with Gasteiger partial charge in [0.25, 0.3) is 0 Å². The average molecular weight is 214 g/mol. The van der Waals surface area contributed by atoms with Crippen molar-refractivity contribution >= 4 is 11.6 Å². The first-order valence-corrected chi connectivity index (χ1v) is 5.22. The Kier molecular flexibility index (Phi) is 2.67. The van der Waals surface area contributed by atoms with Gasteiger partial charge >= 0.3 is 0 Å².